The zero-order valence-corrected chi connectivity index (χ0v) is 13.6. The van der Waals surface area contributed by atoms with Crippen LogP contribution in [0, 0.1) is 0 Å². The van der Waals surface area contributed by atoms with Crippen molar-refractivity contribution in [3.05, 3.63) is 58.9 Å². The van der Waals surface area contributed by atoms with E-state index in [0.29, 0.717) is 21.4 Å². The first-order valence-electron chi connectivity index (χ1n) is 6.95. The van der Waals surface area contributed by atoms with Crippen molar-refractivity contribution < 1.29 is 13.6 Å². The van der Waals surface area contributed by atoms with Crippen molar-refractivity contribution in [2.75, 3.05) is 5.32 Å². The first-order chi connectivity index (χ1) is 11.7. The molecule has 0 fully saturated rings. The van der Waals surface area contributed by atoms with Gasteiger partial charge in [-0.3, -0.25) is 10.1 Å². The summed E-state index contributed by atoms with van der Waals surface area (Å²) in [6, 6.07) is 12.4. The van der Waals surface area contributed by atoms with Crippen molar-refractivity contribution in [3.8, 4) is 11.7 Å². The van der Waals surface area contributed by atoms with Crippen LogP contribution in [0.2, 0.25) is 0 Å². The predicted molar refractivity (Wildman–Crippen MR) is 89.4 cm³/mol. The van der Waals surface area contributed by atoms with E-state index in [9.17, 15) is 4.79 Å². The molecule has 24 heavy (non-hydrogen) atoms. The number of pyridine rings is 1. The second-order valence-electron chi connectivity index (χ2n) is 4.85. The molecule has 0 aliphatic heterocycles. The van der Waals surface area contributed by atoms with Crippen LogP contribution in [0.4, 0.5) is 6.01 Å². The maximum absolute atomic E-state index is 12.6. The van der Waals surface area contributed by atoms with Crippen LogP contribution in [0.5, 0.6) is 0 Å². The van der Waals surface area contributed by atoms with Gasteiger partial charge in [0, 0.05) is 5.39 Å². The molecule has 1 aromatic carbocycles. The van der Waals surface area contributed by atoms with Gasteiger partial charge in [-0.15, -0.1) is 5.10 Å². The number of aromatic nitrogens is 3. The molecule has 0 bridgehead atoms. The molecule has 8 heteroatoms. The largest absolute Gasteiger partial charge is 0.459 e. The number of furan rings is 1. The molecular weight excluding hydrogens is 376 g/mol. The number of halogens is 1. The topological polar surface area (TPSA) is 94.1 Å². The number of benzene rings is 1. The van der Waals surface area contributed by atoms with E-state index in [1.807, 2.05) is 24.3 Å². The first kappa shape index (κ1) is 14.6. The van der Waals surface area contributed by atoms with Crippen LogP contribution in [-0.2, 0) is 0 Å². The Hall–Kier alpha value is -3.00. The molecule has 0 unspecified atom stereocenters. The number of amides is 1. The molecule has 0 atom stereocenters. The van der Waals surface area contributed by atoms with Crippen molar-refractivity contribution in [3.63, 3.8) is 0 Å². The molecule has 7 nitrogen and oxygen atoms in total. The smallest absolute Gasteiger partial charge is 0.322 e. The third-order valence-corrected chi connectivity index (χ3v) is 3.71. The molecule has 1 N–H and O–H groups in total. The summed E-state index contributed by atoms with van der Waals surface area (Å²) in [6.45, 7) is 0. The molecule has 4 rings (SSSR count). The Kier molecular flexibility index (Phi) is 3.58. The first-order valence-corrected chi connectivity index (χ1v) is 7.74. The number of hydrogen-bond donors (Lipinski definition) is 1. The minimum absolute atomic E-state index is 0.0107. The van der Waals surface area contributed by atoms with Crippen molar-refractivity contribution in [1.82, 2.24) is 15.2 Å². The normalized spacial score (nSPS) is 10.9. The Morgan fingerprint density at radius 3 is 2.83 bits per heavy atom. The average molecular weight is 385 g/mol. The van der Waals surface area contributed by atoms with E-state index in [4.69, 9.17) is 8.83 Å². The summed E-state index contributed by atoms with van der Waals surface area (Å²) in [4.78, 5) is 16.9. The van der Waals surface area contributed by atoms with Gasteiger partial charge >= 0.3 is 6.01 Å². The SMILES string of the molecule is O=C(Nc1nnc(-c2ccco2)o1)c1cc(Br)nc2ccccc12. The fraction of sp³-hybridized carbons (Fsp3) is 0. The molecule has 0 radical (unpaired) electrons. The quantitative estimate of drug-likeness (QED) is 0.538. The summed E-state index contributed by atoms with van der Waals surface area (Å²) in [5.41, 5.74) is 1.16. The Balaban J connectivity index is 1.65. The number of nitrogens with one attached hydrogen (secondary N) is 1. The number of nitrogens with zero attached hydrogens (tertiary/aromatic N) is 3. The van der Waals surface area contributed by atoms with Crippen LogP contribution >= 0.6 is 15.9 Å². The lowest BCUT2D eigenvalue weighted by atomic mass is 10.1. The fourth-order valence-electron chi connectivity index (χ4n) is 2.27. The lowest BCUT2D eigenvalue weighted by Crippen LogP contribution is -2.13. The van der Waals surface area contributed by atoms with Crippen LogP contribution in [0.15, 0.2) is 62.2 Å². The molecule has 1 amide bonds. The van der Waals surface area contributed by atoms with Crippen LogP contribution in [0.3, 0.4) is 0 Å². The number of anilines is 1. The van der Waals surface area contributed by atoms with Crippen LogP contribution < -0.4 is 5.32 Å². The molecule has 0 saturated heterocycles. The zero-order chi connectivity index (χ0) is 16.5. The molecular formula is C16H9BrN4O3. The third kappa shape index (κ3) is 2.67. The van der Waals surface area contributed by atoms with Gasteiger partial charge in [0.1, 0.15) is 4.60 Å². The lowest BCUT2D eigenvalue weighted by Gasteiger charge is -2.06. The Morgan fingerprint density at radius 1 is 1.12 bits per heavy atom. The second kappa shape index (κ2) is 5.89. The summed E-state index contributed by atoms with van der Waals surface area (Å²) in [6.07, 6.45) is 1.50. The molecule has 0 aliphatic rings. The van der Waals surface area contributed by atoms with Crippen molar-refractivity contribution in [2.45, 2.75) is 0 Å². The third-order valence-electron chi connectivity index (χ3n) is 3.31. The summed E-state index contributed by atoms with van der Waals surface area (Å²) >= 11 is 3.31. The van der Waals surface area contributed by atoms with Crippen molar-refractivity contribution in [1.29, 1.82) is 0 Å². The second-order valence-corrected chi connectivity index (χ2v) is 5.67. The maximum Gasteiger partial charge on any atom is 0.322 e. The zero-order valence-electron chi connectivity index (χ0n) is 12.1. The van der Waals surface area contributed by atoms with Gasteiger partial charge in [0.05, 0.1) is 17.3 Å². The van der Waals surface area contributed by atoms with Crippen molar-refractivity contribution >= 4 is 38.8 Å². The average Bonchev–Trinajstić information content (AvgIpc) is 3.25. The van der Waals surface area contributed by atoms with E-state index in [1.54, 1.807) is 18.2 Å². The summed E-state index contributed by atoms with van der Waals surface area (Å²) in [7, 11) is 0. The van der Waals surface area contributed by atoms with E-state index >= 15 is 0 Å². The van der Waals surface area contributed by atoms with Crippen LogP contribution in [0.1, 0.15) is 10.4 Å². The van der Waals surface area contributed by atoms with E-state index in [1.165, 1.54) is 6.26 Å². The maximum atomic E-state index is 12.6. The predicted octanol–water partition coefficient (Wildman–Crippen LogP) is 3.89. The number of carbonyl (C=O) groups excluding carboxylic acids is 1. The number of hydrogen-bond acceptors (Lipinski definition) is 6. The van der Waals surface area contributed by atoms with Gasteiger partial charge < -0.3 is 8.83 Å². The number of carbonyl (C=O) groups is 1. The fourth-order valence-corrected chi connectivity index (χ4v) is 2.69. The Labute approximate surface area is 143 Å². The Bertz CT molecular complexity index is 1030. The molecule has 4 aromatic rings. The number of para-hydroxylation sites is 1. The molecule has 0 aliphatic carbocycles. The highest BCUT2D eigenvalue weighted by Gasteiger charge is 2.17. The molecule has 3 aromatic heterocycles. The standard InChI is InChI=1S/C16H9BrN4O3/c17-13-8-10(9-4-1-2-5-11(9)18-13)14(22)19-16-21-20-15(24-16)12-6-3-7-23-12/h1-8H,(H,19,21,22). The number of fused-ring (bicyclic) bond motifs is 1. The minimum atomic E-state index is -0.371. The highest BCUT2D eigenvalue weighted by Crippen LogP contribution is 2.23. The molecule has 0 saturated carbocycles. The molecule has 118 valence electrons. The minimum Gasteiger partial charge on any atom is -0.459 e. The summed E-state index contributed by atoms with van der Waals surface area (Å²) < 4.78 is 11.1. The van der Waals surface area contributed by atoms with Gasteiger partial charge in [-0.05, 0) is 40.2 Å². The van der Waals surface area contributed by atoms with Crippen LogP contribution in [0.25, 0.3) is 22.6 Å². The molecule has 0 spiro atoms. The van der Waals surface area contributed by atoms with E-state index in [2.05, 4.69) is 36.4 Å². The van der Waals surface area contributed by atoms with Gasteiger partial charge in [0.2, 0.25) is 0 Å². The highest BCUT2D eigenvalue weighted by molar-refractivity contribution is 9.10. The Morgan fingerprint density at radius 2 is 2.00 bits per heavy atom. The monoisotopic (exact) mass is 384 g/mol. The van der Waals surface area contributed by atoms with E-state index < -0.39 is 0 Å². The molecule has 3 heterocycles. The van der Waals surface area contributed by atoms with E-state index in [-0.39, 0.29) is 17.8 Å². The lowest BCUT2D eigenvalue weighted by molar-refractivity contribution is 0.102. The summed E-state index contributed by atoms with van der Waals surface area (Å²) in [5, 5.41) is 11.0. The highest BCUT2D eigenvalue weighted by atomic mass is 79.9. The number of rotatable bonds is 3. The van der Waals surface area contributed by atoms with Gasteiger partial charge in [-0.2, -0.15) is 0 Å². The summed E-state index contributed by atoms with van der Waals surface area (Å²) in [5.74, 6) is 0.250. The van der Waals surface area contributed by atoms with Crippen molar-refractivity contribution in [2.24, 2.45) is 0 Å². The van der Waals surface area contributed by atoms with Gasteiger partial charge in [-0.1, -0.05) is 23.3 Å². The van der Waals surface area contributed by atoms with Gasteiger partial charge in [0.25, 0.3) is 11.8 Å². The van der Waals surface area contributed by atoms with E-state index in [0.717, 1.165) is 5.39 Å². The van der Waals surface area contributed by atoms with Crippen LogP contribution in [-0.4, -0.2) is 21.1 Å². The van der Waals surface area contributed by atoms with Gasteiger partial charge in [-0.25, -0.2) is 4.98 Å². The van der Waals surface area contributed by atoms with Gasteiger partial charge in [0.15, 0.2) is 5.76 Å².